The van der Waals surface area contributed by atoms with Gasteiger partial charge in [-0.05, 0) is 18.2 Å². The Bertz CT molecular complexity index is 1010. The normalized spacial score (nSPS) is 11.2. The number of esters is 1. The number of amides is 2. The van der Waals surface area contributed by atoms with Gasteiger partial charge in [-0.2, -0.15) is 4.31 Å². The Morgan fingerprint density at radius 1 is 1.07 bits per heavy atom. The minimum Gasteiger partial charge on any atom is -0.451 e. The largest absolute Gasteiger partial charge is 0.451 e. The van der Waals surface area contributed by atoms with Gasteiger partial charge in [0.15, 0.2) is 6.61 Å². The average molecular weight is 436 g/mol. The van der Waals surface area contributed by atoms with Gasteiger partial charge in [0.05, 0.1) is 0 Å². The summed E-state index contributed by atoms with van der Waals surface area (Å²) in [4.78, 5) is 35.9. The topological polar surface area (TPSA) is 127 Å². The Kier molecular flexibility index (Phi) is 7.72. The molecule has 0 aliphatic carbocycles. The molecule has 0 aliphatic rings. The minimum absolute atomic E-state index is 0.0261. The Morgan fingerprint density at radius 3 is 2.30 bits per heavy atom. The lowest BCUT2D eigenvalue weighted by Crippen LogP contribution is -2.43. The van der Waals surface area contributed by atoms with E-state index in [1.165, 1.54) is 28.2 Å². The molecule has 1 aromatic carbocycles. The molecule has 2 rings (SSSR count). The van der Waals surface area contributed by atoms with Crippen molar-refractivity contribution >= 4 is 27.8 Å². The molecule has 1 aromatic heterocycles. The number of aromatic nitrogens is 1. The van der Waals surface area contributed by atoms with Crippen LogP contribution in [0.2, 0.25) is 0 Å². The van der Waals surface area contributed by atoms with Gasteiger partial charge >= 0.3 is 5.97 Å². The molecule has 0 spiro atoms. The van der Waals surface area contributed by atoms with Crippen LogP contribution in [0.4, 0.5) is 0 Å². The van der Waals surface area contributed by atoms with Crippen LogP contribution in [-0.4, -0.2) is 54.8 Å². The van der Waals surface area contributed by atoms with Crippen molar-refractivity contribution < 1.29 is 27.5 Å². The van der Waals surface area contributed by atoms with Crippen molar-refractivity contribution in [3.8, 4) is 0 Å². The van der Waals surface area contributed by atoms with Crippen LogP contribution in [0.15, 0.2) is 47.5 Å². The summed E-state index contributed by atoms with van der Waals surface area (Å²) in [5.74, 6) is -2.15. The lowest BCUT2D eigenvalue weighted by molar-refractivity contribution is -0.125. The van der Waals surface area contributed by atoms with Crippen LogP contribution in [0.25, 0.3) is 0 Å². The molecule has 0 unspecified atom stereocenters. The number of nitrogens with zero attached hydrogens (tertiary/aromatic N) is 2. The number of hydrazine groups is 1. The molecular weight excluding hydrogens is 412 g/mol. The molecule has 2 amide bonds. The Balaban J connectivity index is 1.94. The molecule has 162 valence electrons. The van der Waals surface area contributed by atoms with Crippen molar-refractivity contribution in [2.24, 2.45) is 7.05 Å². The smallest absolute Gasteiger partial charge is 0.355 e. The molecule has 0 saturated heterocycles. The van der Waals surface area contributed by atoms with Crippen LogP contribution < -0.4 is 10.9 Å². The van der Waals surface area contributed by atoms with Crippen molar-refractivity contribution in [2.45, 2.75) is 18.7 Å². The first kappa shape index (κ1) is 23.1. The fourth-order valence-electron chi connectivity index (χ4n) is 2.62. The summed E-state index contributed by atoms with van der Waals surface area (Å²) in [6, 6.07) is 9.43. The number of ether oxygens (including phenoxy) is 1. The first-order valence-corrected chi connectivity index (χ1v) is 10.6. The predicted octanol–water partition coefficient (Wildman–Crippen LogP) is 0.674. The van der Waals surface area contributed by atoms with Crippen LogP contribution >= 0.6 is 0 Å². The molecule has 2 aromatic rings. The van der Waals surface area contributed by atoms with Gasteiger partial charge in [0, 0.05) is 31.9 Å². The van der Waals surface area contributed by atoms with Gasteiger partial charge in [0.1, 0.15) is 10.6 Å². The van der Waals surface area contributed by atoms with E-state index in [1.54, 1.807) is 44.2 Å². The van der Waals surface area contributed by atoms with Crippen molar-refractivity contribution in [2.75, 3.05) is 19.7 Å². The van der Waals surface area contributed by atoms with Crippen molar-refractivity contribution in [1.29, 1.82) is 0 Å². The predicted molar refractivity (Wildman–Crippen MR) is 108 cm³/mol. The standard InChI is InChI=1S/C19H24N4O6S/c1-4-23(5-2)30(27,28)15-11-16(22(3)12-15)19(26)29-13-17(24)20-21-18(25)14-9-7-6-8-10-14/h6-12H,4-5,13H2,1-3H3,(H,20,24)(H,21,25). The lowest BCUT2D eigenvalue weighted by Gasteiger charge is -2.17. The van der Waals surface area contributed by atoms with Crippen LogP contribution in [0.1, 0.15) is 34.7 Å². The third-order valence-electron chi connectivity index (χ3n) is 4.22. The molecule has 30 heavy (non-hydrogen) atoms. The maximum absolute atomic E-state index is 12.6. The molecule has 10 nitrogen and oxygen atoms in total. The summed E-state index contributed by atoms with van der Waals surface area (Å²) in [5, 5.41) is 0. The van der Waals surface area contributed by atoms with E-state index >= 15 is 0 Å². The second kappa shape index (κ2) is 10.0. The maximum Gasteiger partial charge on any atom is 0.355 e. The van der Waals surface area contributed by atoms with E-state index in [4.69, 9.17) is 4.74 Å². The summed E-state index contributed by atoms with van der Waals surface area (Å²) >= 11 is 0. The number of carbonyl (C=O) groups is 3. The zero-order valence-electron chi connectivity index (χ0n) is 16.9. The van der Waals surface area contributed by atoms with Crippen molar-refractivity contribution in [3.05, 3.63) is 53.9 Å². The van der Waals surface area contributed by atoms with Crippen LogP contribution in [-0.2, 0) is 26.6 Å². The summed E-state index contributed by atoms with van der Waals surface area (Å²) < 4.78 is 32.6. The number of hydrogen-bond donors (Lipinski definition) is 2. The minimum atomic E-state index is -3.73. The average Bonchev–Trinajstić information content (AvgIpc) is 3.14. The van der Waals surface area contributed by atoms with E-state index in [-0.39, 0.29) is 10.6 Å². The van der Waals surface area contributed by atoms with Crippen molar-refractivity contribution in [1.82, 2.24) is 19.7 Å². The summed E-state index contributed by atoms with van der Waals surface area (Å²) in [7, 11) is -2.24. The number of benzene rings is 1. The van der Waals surface area contributed by atoms with E-state index in [9.17, 15) is 22.8 Å². The van der Waals surface area contributed by atoms with Gasteiger partial charge in [0.25, 0.3) is 11.8 Å². The monoisotopic (exact) mass is 436 g/mol. The van der Waals surface area contributed by atoms with Gasteiger partial charge < -0.3 is 9.30 Å². The third kappa shape index (κ3) is 5.45. The second-order valence-electron chi connectivity index (χ2n) is 6.21. The maximum atomic E-state index is 12.6. The summed E-state index contributed by atoms with van der Waals surface area (Å²) in [6.07, 6.45) is 1.31. The molecule has 0 fully saturated rings. The molecule has 0 bridgehead atoms. The quantitative estimate of drug-likeness (QED) is 0.463. The van der Waals surface area contributed by atoms with E-state index < -0.39 is 34.4 Å². The first-order chi connectivity index (χ1) is 14.2. The van der Waals surface area contributed by atoms with Crippen LogP contribution in [0, 0.1) is 0 Å². The molecule has 0 aliphatic heterocycles. The van der Waals surface area contributed by atoms with Gasteiger partial charge in [-0.3, -0.25) is 20.4 Å². The number of nitrogens with one attached hydrogen (secondary N) is 2. The number of hydrogen-bond acceptors (Lipinski definition) is 6. The molecule has 0 saturated carbocycles. The highest BCUT2D eigenvalue weighted by molar-refractivity contribution is 7.89. The SMILES string of the molecule is CCN(CC)S(=O)(=O)c1cc(C(=O)OCC(=O)NNC(=O)c2ccccc2)n(C)c1. The number of aryl methyl sites for hydroxylation is 1. The van der Waals surface area contributed by atoms with Gasteiger partial charge in [-0.1, -0.05) is 32.0 Å². The second-order valence-corrected chi connectivity index (χ2v) is 8.14. The van der Waals surface area contributed by atoms with Crippen molar-refractivity contribution in [3.63, 3.8) is 0 Å². The van der Waals surface area contributed by atoms with E-state index in [0.29, 0.717) is 18.7 Å². The fraction of sp³-hybridized carbons (Fsp3) is 0.316. The summed E-state index contributed by atoms with van der Waals surface area (Å²) in [6.45, 7) is 3.37. The highest BCUT2D eigenvalue weighted by atomic mass is 32.2. The van der Waals surface area contributed by atoms with E-state index in [2.05, 4.69) is 10.9 Å². The molecular formula is C19H24N4O6S. The number of carbonyl (C=O) groups excluding carboxylic acids is 3. The number of rotatable bonds is 8. The van der Waals surface area contributed by atoms with Gasteiger partial charge in [-0.25, -0.2) is 13.2 Å². The van der Waals surface area contributed by atoms with Crippen LogP contribution in [0.5, 0.6) is 0 Å². The van der Waals surface area contributed by atoms with E-state index in [1.807, 2.05) is 0 Å². The van der Waals surface area contributed by atoms with Gasteiger partial charge in [-0.15, -0.1) is 0 Å². The highest BCUT2D eigenvalue weighted by Gasteiger charge is 2.26. The third-order valence-corrected chi connectivity index (χ3v) is 6.23. The summed E-state index contributed by atoms with van der Waals surface area (Å²) in [5.41, 5.74) is 4.66. The lowest BCUT2D eigenvalue weighted by atomic mass is 10.2. The molecule has 0 radical (unpaired) electrons. The van der Waals surface area contributed by atoms with Crippen LogP contribution in [0.3, 0.4) is 0 Å². The molecule has 11 heteroatoms. The zero-order chi connectivity index (χ0) is 22.3. The first-order valence-electron chi connectivity index (χ1n) is 9.18. The Hall–Kier alpha value is -3.18. The Morgan fingerprint density at radius 2 is 1.70 bits per heavy atom. The highest BCUT2D eigenvalue weighted by Crippen LogP contribution is 2.19. The van der Waals surface area contributed by atoms with E-state index in [0.717, 1.165) is 0 Å². The fourth-order valence-corrected chi connectivity index (χ4v) is 4.15. The number of sulfonamides is 1. The zero-order valence-corrected chi connectivity index (χ0v) is 17.7. The molecule has 2 N–H and O–H groups in total. The molecule has 1 heterocycles. The Labute approximate surface area is 174 Å². The van der Waals surface area contributed by atoms with Gasteiger partial charge in [0.2, 0.25) is 10.0 Å². The molecule has 0 atom stereocenters.